The molecule has 1 atom stereocenters. The van der Waals surface area contributed by atoms with Crippen LogP contribution in [0.15, 0.2) is 5.10 Å². The average Bonchev–Trinajstić information content (AvgIpc) is 2.52. The number of amides is 2. The van der Waals surface area contributed by atoms with E-state index in [4.69, 9.17) is 4.74 Å². The van der Waals surface area contributed by atoms with Crippen molar-refractivity contribution in [1.82, 2.24) is 9.91 Å². The van der Waals surface area contributed by atoms with Gasteiger partial charge < -0.3 is 9.64 Å². The molecule has 0 aliphatic carbocycles. The van der Waals surface area contributed by atoms with Crippen LogP contribution in [0.2, 0.25) is 0 Å². The summed E-state index contributed by atoms with van der Waals surface area (Å²) in [7, 11) is 1.64. The highest BCUT2D eigenvalue weighted by Crippen LogP contribution is 2.23. The van der Waals surface area contributed by atoms with E-state index in [-0.39, 0.29) is 17.9 Å². The van der Waals surface area contributed by atoms with E-state index in [1.807, 2.05) is 20.8 Å². The van der Waals surface area contributed by atoms with Crippen molar-refractivity contribution in [1.29, 1.82) is 0 Å². The van der Waals surface area contributed by atoms with E-state index in [0.717, 1.165) is 5.71 Å². The van der Waals surface area contributed by atoms with Crippen molar-refractivity contribution in [2.24, 2.45) is 11.0 Å². The Kier molecular flexibility index (Phi) is 3.04. The lowest BCUT2D eigenvalue weighted by Crippen LogP contribution is -2.47. The molecule has 2 rings (SSSR count). The molecule has 0 radical (unpaired) electrons. The van der Waals surface area contributed by atoms with Gasteiger partial charge in [0.25, 0.3) is 5.91 Å². The zero-order valence-electron chi connectivity index (χ0n) is 11.3. The van der Waals surface area contributed by atoms with Crippen LogP contribution in [0.4, 0.5) is 4.79 Å². The van der Waals surface area contributed by atoms with Crippen LogP contribution in [-0.4, -0.2) is 53.4 Å². The quantitative estimate of drug-likeness (QED) is 0.648. The molecule has 0 aromatic heterocycles. The Bertz CT molecular complexity index is 411. The molecule has 2 amide bonds. The number of carbonyl (C=O) groups is 2. The summed E-state index contributed by atoms with van der Waals surface area (Å²) in [6, 6.07) is 0. The van der Waals surface area contributed by atoms with Gasteiger partial charge >= 0.3 is 6.09 Å². The number of likely N-dealkylation sites (tertiary alicyclic amines) is 1. The molecule has 1 unspecified atom stereocenters. The van der Waals surface area contributed by atoms with Gasteiger partial charge in [-0.25, -0.2) is 9.80 Å². The molecule has 0 bridgehead atoms. The van der Waals surface area contributed by atoms with E-state index in [1.54, 1.807) is 11.9 Å². The summed E-state index contributed by atoms with van der Waals surface area (Å²) >= 11 is 0. The number of ether oxygens (including phenoxy) is 1. The first kappa shape index (κ1) is 12.9. The molecule has 1 saturated heterocycles. The highest BCUT2D eigenvalue weighted by Gasteiger charge is 2.40. The smallest absolute Gasteiger partial charge is 0.410 e. The van der Waals surface area contributed by atoms with Gasteiger partial charge in [0.15, 0.2) is 0 Å². The summed E-state index contributed by atoms with van der Waals surface area (Å²) < 4.78 is 5.31. The second-order valence-electron chi connectivity index (χ2n) is 5.68. The molecule has 18 heavy (non-hydrogen) atoms. The average molecular weight is 253 g/mol. The van der Waals surface area contributed by atoms with E-state index in [2.05, 4.69) is 5.10 Å². The predicted octanol–water partition coefficient (Wildman–Crippen LogP) is 1.07. The molecule has 2 aliphatic heterocycles. The SMILES string of the molecule is CN1N=C2CCN(C(=O)OC(C)(C)C)CC2C1=O. The summed E-state index contributed by atoms with van der Waals surface area (Å²) in [6.45, 7) is 6.42. The Labute approximate surface area is 107 Å². The fraction of sp³-hybridized carbons (Fsp3) is 0.750. The van der Waals surface area contributed by atoms with Crippen LogP contribution in [0.5, 0.6) is 0 Å². The Balaban J connectivity index is 2.01. The van der Waals surface area contributed by atoms with E-state index in [0.29, 0.717) is 19.5 Å². The number of hydrazone groups is 1. The van der Waals surface area contributed by atoms with Gasteiger partial charge in [-0.15, -0.1) is 0 Å². The predicted molar refractivity (Wildman–Crippen MR) is 66.1 cm³/mol. The Morgan fingerprint density at radius 1 is 1.44 bits per heavy atom. The molecule has 0 spiro atoms. The van der Waals surface area contributed by atoms with Crippen LogP contribution in [0.25, 0.3) is 0 Å². The monoisotopic (exact) mass is 253 g/mol. The molecule has 0 aromatic rings. The van der Waals surface area contributed by atoms with Crippen LogP contribution in [-0.2, 0) is 9.53 Å². The van der Waals surface area contributed by atoms with Crippen molar-refractivity contribution in [2.75, 3.05) is 20.1 Å². The molecule has 2 heterocycles. The topological polar surface area (TPSA) is 62.2 Å². The molecule has 100 valence electrons. The van der Waals surface area contributed by atoms with Crippen LogP contribution in [0, 0.1) is 5.92 Å². The minimum Gasteiger partial charge on any atom is -0.444 e. The highest BCUT2D eigenvalue weighted by atomic mass is 16.6. The lowest BCUT2D eigenvalue weighted by atomic mass is 9.96. The minimum atomic E-state index is -0.512. The van der Waals surface area contributed by atoms with Gasteiger partial charge in [0.05, 0.1) is 11.6 Å². The van der Waals surface area contributed by atoms with Gasteiger partial charge in [0.2, 0.25) is 0 Å². The maximum absolute atomic E-state index is 11.9. The maximum atomic E-state index is 11.9. The minimum absolute atomic E-state index is 0.0433. The third kappa shape index (κ3) is 2.47. The molecule has 6 nitrogen and oxygen atoms in total. The molecular formula is C12H19N3O3. The summed E-state index contributed by atoms with van der Waals surface area (Å²) in [6.07, 6.45) is 0.281. The first-order chi connectivity index (χ1) is 8.28. The van der Waals surface area contributed by atoms with Gasteiger partial charge in [0, 0.05) is 26.6 Å². The zero-order valence-corrected chi connectivity index (χ0v) is 11.3. The molecule has 0 saturated carbocycles. The van der Waals surface area contributed by atoms with E-state index in [9.17, 15) is 9.59 Å². The van der Waals surface area contributed by atoms with E-state index in [1.165, 1.54) is 5.01 Å². The Morgan fingerprint density at radius 2 is 2.11 bits per heavy atom. The fourth-order valence-electron chi connectivity index (χ4n) is 2.14. The molecule has 1 fully saturated rings. The van der Waals surface area contributed by atoms with Gasteiger partial charge in [-0.3, -0.25) is 4.79 Å². The summed E-state index contributed by atoms with van der Waals surface area (Å²) in [5, 5.41) is 5.54. The van der Waals surface area contributed by atoms with Crippen molar-refractivity contribution in [3.05, 3.63) is 0 Å². The fourth-order valence-corrected chi connectivity index (χ4v) is 2.14. The lowest BCUT2D eigenvalue weighted by Gasteiger charge is -2.32. The second kappa shape index (κ2) is 4.26. The first-order valence-electron chi connectivity index (χ1n) is 6.11. The van der Waals surface area contributed by atoms with E-state index < -0.39 is 5.60 Å². The third-order valence-corrected chi connectivity index (χ3v) is 2.99. The van der Waals surface area contributed by atoms with Crippen molar-refractivity contribution in [3.8, 4) is 0 Å². The molecule has 0 aromatic carbocycles. The third-order valence-electron chi connectivity index (χ3n) is 2.99. The van der Waals surface area contributed by atoms with Gasteiger partial charge in [-0.2, -0.15) is 5.10 Å². The molecular weight excluding hydrogens is 234 g/mol. The van der Waals surface area contributed by atoms with E-state index >= 15 is 0 Å². The Hall–Kier alpha value is -1.59. The van der Waals surface area contributed by atoms with Crippen LogP contribution < -0.4 is 0 Å². The summed E-state index contributed by atoms with van der Waals surface area (Å²) in [5.41, 5.74) is 0.365. The van der Waals surface area contributed by atoms with Crippen LogP contribution in [0.3, 0.4) is 0 Å². The first-order valence-corrected chi connectivity index (χ1v) is 6.11. The largest absolute Gasteiger partial charge is 0.444 e. The Morgan fingerprint density at radius 3 is 2.72 bits per heavy atom. The number of rotatable bonds is 0. The molecule has 0 N–H and O–H groups in total. The van der Waals surface area contributed by atoms with Crippen molar-refractivity contribution < 1.29 is 14.3 Å². The summed E-state index contributed by atoms with van der Waals surface area (Å²) in [5.74, 6) is -0.325. The van der Waals surface area contributed by atoms with Crippen molar-refractivity contribution in [2.45, 2.75) is 32.8 Å². The normalized spacial score (nSPS) is 23.9. The number of carbonyl (C=O) groups excluding carboxylic acids is 2. The maximum Gasteiger partial charge on any atom is 0.410 e. The summed E-state index contributed by atoms with van der Waals surface area (Å²) in [4.78, 5) is 25.3. The number of piperidine rings is 1. The van der Waals surface area contributed by atoms with Gasteiger partial charge in [-0.05, 0) is 20.8 Å². The van der Waals surface area contributed by atoms with Gasteiger partial charge in [0.1, 0.15) is 5.60 Å². The second-order valence-corrected chi connectivity index (χ2v) is 5.68. The number of fused-ring (bicyclic) bond motifs is 1. The molecule has 2 aliphatic rings. The van der Waals surface area contributed by atoms with Crippen molar-refractivity contribution >= 4 is 17.7 Å². The number of hydrogen-bond donors (Lipinski definition) is 0. The molecule has 6 heteroatoms. The number of nitrogens with zero attached hydrogens (tertiary/aromatic N) is 3. The van der Waals surface area contributed by atoms with Crippen LogP contribution >= 0.6 is 0 Å². The van der Waals surface area contributed by atoms with Crippen molar-refractivity contribution in [3.63, 3.8) is 0 Å². The van der Waals surface area contributed by atoms with Crippen LogP contribution in [0.1, 0.15) is 27.2 Å². The van der Waals surface area contributed by atoms with Gasteiger partial charge in [-0.1, -0.05) is 0 Å². The lowest BCUT2D eigenvalue weighted by molar-refractivity contribution is -0.130. The standard InChI is InChI=1S/C12H19N3O3/c1-12(2,3)18-11(17)15-6-5-9-8(7-15)10(16)14(4)13-9/h8H,5-7H2,1-4H3. The number of hydrogen-bond acceptors (Lipinski definition) is 4. The highest BCUT2D eigenvalue weighted by molar-refractivity contribution is 6.09. The zero-order chi connectivity index (χ0) is 13.5.